The molecule has 0 atom stereocenters. The number of ketones is 1. The quantitative estimate of drug-likeness (QED) is 0.701. The van der Waals surface area contributed by atoms with E-state index in [1.807, 2.05) is 49.6 Å². The summed E-state index contributed by atoms with van der Waals surface area (Å²) < 4.78 is 0. The standard InChI is InChI=1S/C13H12OS/c1-9-5-6-10(2)11(8-9)13(14)12-4-3-7-15-12/h3-8H,1-2H3. The first-order chi connectivity index (χ1) is 7.18. The van der Waals surface area contributed by atoms with Crippen molar-refractivity contribution in [1.82, 2.24) is 0 Å². The molecule has 2 heteroatoms. The van der Waals surface area contributed by atoms with Crippen molar-refractivity contribution in [2.24, 2.45) is 0 Å². The Morgan fingerprint density at radius 3 is 2.67 bits per heavy atom. The zero-order valence-electron chi connectivity index (χ0n) is 8.78. The topological polar surface area (TPSA) is 17.1 Å². The van der Waals surface area contributed by atoms with Crippen LogP contribution in [0.3, 0.4) is 0 Å². The summed E-state index contributed by atoms with van der Waals surface area (Å²) in [5, 5.41) is 1.93. The van der Waals surface area contributed by atoms with Crippen LogP contribution in [0, 0.1) is 13.8 Å². The third-order valence-electron chi connectivity index (χ3n) is 2.38. The highest BCUT2D eigenvalue weighted by Crippen LogP contribution is 2.18. The third kappa shape index (κ3) is 2.00. The van der Waals surface area contributed by atoms with Crippen molar-refractivity contribution in [3.05, 3.63) is 57.3 Å². The van der Waals surface area contributed by atoms with Crippen LogP contribution in [0.4, 0.5) is 0 Å². The van der Waals surface area contributed by atoms with Gasteiger partial charge in [0.15, 0.2) is 0 Å². The van der Waals surface area contributed by atoms with Crippen molar-refractivity contribution in [3.8, 4) is 0 Å². The van der Waals surface area contributed by atoms with Crippen molar-refractivity contribution in [1.29, 1.82) is 0 Å². The molecule has 2 rings (SSSR count). The molecule has 0 spiro atoms. The lowest BCUT2D eigenvalue weighted by Crippen LogP contribution is -2.01. The van der Waals surface area contributed by atoms with E-state index in [-0.39, 0.29) is 5.78 Å². The average Bonchev–Trinajstić information content (AvgIpc) is 2.74. The fourth-order valence-electron chi connectivity index (χ4n) is 1.52. The first-order valence-electron chi connectivity index (χ1n) is 4.84. The minimum atomic E-state index is 0.131. The summed E-state index contributed by atoms with van der Waals surface area (Å²) >= 11 is 1.49. The second-order valence-corrected chi connectivity index (χ2v) is 4.57. The van der Waals surface area contributed by atoms with Gasteiger partial charge in [-0.3, -0.25) is 4.79 Å². The molecule has 0 saturated heterocycles. The zero-order chi connectivity index (χ0) is 10.8. The lowest BCUT2D eigenvalue weighted by molar-refractivity contribution is 0.104. The molecule has 0 aliphatic carbocycles. The lowest BCUT2D eigenvalue weighted by atomic mass is 10.0. The largest absolute Gasteiger partial charge is 0.288 e. The molecule has 0 unspecified atom stereocenters. The lowest BCUT2D eigenvalue weighted by Gasteiger charge is -2.04. The van der Waals surface area contributed by atoms with E-state index >= 15 is 0 Å². The Kier molecular flexibility index (Phi) is 2.69. The van der Waals surface area contributed by atoms with Gasteiger partial charge in [0.1, 0.15) is 0 Å². The van der Waals surface area contributed by atoms with Crippen LogP contribution in [0.1, 0.15) is 26.4 Å². The van der Waals surface area contributed by atoms with Gasteiger partial charge in [-0.1, -0.05) is 23.8 Å². The van der Waals surface area contributed by atoms with E-state index in [9.17, 15) is 4.79 Å². The smallest absolute Gasteiger partial charge is 0.203 e. The number of aryl methyl sites for hydroxylation is 2. The van der Waals surface area contributed by atoms with Crippen LogP contribution in [-0.2, 0) is 0 Å². The molecule has 1 aromatic heterocycles. The summed E-state index contributed by atoms with van der Waals surface area (Å²) in [5.41, 5.74) is 2.98. The molecule has 1 aromatic carbocycles. The maximum Gasteiger partial charge on any atom is 0.203 e. The summed E-state index contributed by atoms with van der Waals surface area (Å²) in [5.74, 6) is 0.131. The molecule has 0 bridgehead atoms. The Hall–Kier alpha value is -1.41. The number of carbonyl (C=O) groups is 1. The monoisotopic (exact) mass is 216 g/mol. The SMILES string of the molecule is Cc1ccc(C)c(C(=O)c2cccs2)c1. The summed E-state index contributed by atoms with van der Waals surface area (Å²) in [4.78, 5) is 12.9. The van der Waals surface area contributed by atoms with Crippen LogP contribution in [0.5, 0.6) is 0 Å². The number of carbonyl (C=O) groups excluding carboxylic acids is 1. The van der Waals surface area contributed by atoms with Gasteiger partial charge in [0.2, 0.25) is 5.78 Å². The summed E-state index contributed by atoms with van der Waals surface area (Å²) in [7, 11) is 0. The van der Waals surface area contributed by atoms with Gasteiger partial charge in [-0.2, -0.15) is 0 Å². The minimum Gasteiger partial charge on any atom is -0.288 e. The number of hydrogen-bond donors (Lipinski definition) is 0. The molecule has 15 heavy (non-hydrogen) atoms. The van der Waals surface area contributed by atoms with Crippen molar-refractivity contribution in [2.45, 2.75) is 13.8 Å². The molecule has 76 valence electrons. The molecule has 0 saturated carbocycles. The maximum absolute atomic E-state index is 12.1. The first kappa shape index (κ1) is 10.1. The average molecular weight is 216 g/mol. The second kappa shape index (κ2) is 3.99. The Morgan fingerprint density at radius 1 is 1.20 bits per heavy atom. The molecule has 0 radical (unpaired) electrons. The number of thiophene rings is 1. The van der Waals surface area contributed by atoms with Gasteiger partial charge < -0.3 is 0 Å². The van der Waals surface area contributed by atoms with Crippen LogP contribution in [0.2, 0.25) is 0 Å². The maximum atomic E-state index is 12.1. The highest BCUT2D eigenvalue weighted by Gasteiger charge is 2.12. The normalized spacial score (nSPS) is 10.3. The number of rotatable bonds is 2. The molecule has 0 N–H and O–H groups in total. The van der Waals surface area contributed by atoms with Crippen LogP contribution in [-0.4, -0.2) is 5.78 Å². The van der Waals surface area contributed by atoms with Gasteiger partial charge >= 0.3 is 0 Å². The zero-order valence-corrected chi connectivity index (χ0v) is 9.60. The molecule has 1 nitrogen and oxygen atoms in total. The van der Waals surface area contributed by atoms with E-state index in [1.54, 1.807) is 0 Å². The van der Waals surface area contributed by atoms with Gasteiger partial charge in [0, 0.05) is 5.56 Å². The predicted molar refractivity (Wildman–Crippen MR) is 63.7 cm³/mol. The van der Waals surface area contributed by atoms with Crippen LogP contribution >= 0.6 is 11.3 Å². The fourth-order valence-corrected chi connectivity index (χ4v) is 2.20. The number of benzene rings is 1. The Bertz CT molecular complexity index is 483. The van der Waals surface area contributed by atoms with Gasteiger partial charge in [0.05, 0.1) is 4.88 Å². The van der Waals surface area contributed by atoms with Crippen LogP contribution < -0.4 is 0 Å². The number of hydrogen-bond acceptors (Lipinski definition) is 2. The Morgan fingerprint density at radius 2 is 2.00 bits per heavy atom. The molecule has 0 fully saturated rings. The Labute approximate surface area is 93.4 Å². The van der Waals surface area contributed by atoms with E-state index in [0.717, 1.165) is 21.6 Å². The van der Waals surface area contributed by atoms with E-state index in [0.29, 0.717) is 0 Å². The van der Waals surface area contributed by atoms with Gasteiger partial charge in [-0.25, -0.2) is 0 Å². The van der Waals surface area contributed by atoms with Crippen molar-refractivity contribution < 1.29 is 4.79 Å². The summed E-state index contributed by atoms with van der Waals surface area (Å²) in [6.07, 6.45) is 0. The van der Waals surface area contributed by atoms with Crippen molar-refractivity contribution >= 4 is 17.1 Å². The van der Waals surface area contributed by atoms with Gasteiger partial charge in [-0.15, -0.1) is 11.3 Å². The van der Waals surface area contributed by atoms with E-state index in [2.05, 4.69) is 0 Å². The van der Waals surface area contributed by atoms with Crippen molar-refractivity contribution in [3.63, 3.8) is 0 Å². The fraction of sp³-hybridized carbons (Fsp3) is 0.154. The molecular weight excluding hydrogens is 204 g/mol. The molecule has 1 heterocycles. The van der Waals surface area contributed by atoms with E-state index < -0.39 is 0 Å². The summed E-state index contributed by atoms with van der Waals surface area (Å²) in [6.45, 7) is 3.98. The second-order valence-electron chi connectivity index (χ2n) is 3.62. The summed E-state index contributed by atoms with van der Waals surface area (Å²) in [6, 6.07) is 9.76. The molecule has 2 aromatic rings. The predicted octanol–water partition coefficient (Wildman–Crippen LogP) is 3.60. The molecule has 0 aliphatic rings. The van der Waals surface area contributed by atoms with Crippen LogP contribution in [0.15, 0.2) is 35.7 Å². The van der Waals surface area contributed by atoms with Gasteiger partial charge in [0.25, 0.3) is 0 Å². The third-order valence-corrected chi connectivity index (χ3v) is 3.25. The highest BCUT2D eigenvalue weighted by molar-refractivity contribution is 7.12. The minimum absolute atomic E-state index is 0.131. The Balaban J connectivity index is 2.46. The van der Waals surface area contributed by atoms with E-state index in [1.165, 1.54) is 11.3 Å². The highest BCUT2D eigenvalue weighted by atomic mass is 32.1. The van der Waals surface area contributed by atoms with Gasteiger partial charge in [-0.05, 0) is 36.9 Å². The first-order valence-corrected chi connectivity index (χ1v) is 5.72. The molecule has 0 amide bonds. The molecular formula is C13H12OS. The molecule has 0 aliphatic heterocycles. The van der Waals surface area contributed by atoms with Crippen LogP contribution in [0.25, 0.3) is 0 Å². The van der Waals surface area contributed by atoms with E-state index in [4.69, 9.17) is 0 Å². The van der Waals surface area contributed by atoms with Crippen molar-refractivity contribution in [2.75, 3.05) is 0 Å².